The molecule has 2 amide bonds. The van der Waals surface area contributed by atoms with Crippen LogP contribution >= 0.6 is 0 Å². The lowest BCUT2D eigenvalue weighted by atomic mass is 9.94. The van der Waals surface area contributed by atoms with Crippen molar-refractivity contribution in [1.82, 2.24) is 4.90 Å². The normalized spacial score (nSPS) is 17.1. The highest BCUT2D eigenvalue weighted by Gasteiger charge is 2.19. The first-order valence-electron chi connectivity index (χ1n) is 6.86. The van der Waals surface area contributed by atoms with Gasteiger partial charge in [0, 0.05) is 13.1 Å². The lowest BCUT2D eigenvalue weighted by Crippen LogP contribution is -2.41. The number of carbonyl (C=O) groups is 1. The molecule has 1 aromatic rings. The number of nitrogens with zero attached hydrogens (tertiary/aromatic N) is 1. The van der Waals surface area contributed by atoms with Gasteiger partial charge in [-0.15, -0.1) is 0 Å². The van der Waals surface area contributed by atoms with Gasteiger partial charge in [0.05, 0.1) is 0 Å². The van der Waals surface area contributed by atoms with Crippen molar-refractivity contribution in [3.05, 3.63) is 41.0 Å². The molecule has 0 spiro atoms. The van der Waals surface area contributed by atoms with Crippen LogP contribution in [0.4, 0.5) is 4.79 Å². The van der Waals surface area contributed by atoms with Gasteiger partial charge in [0.1, 0.15) is 0 Å². The average molecular weight is 258 g/mol. The molecular weight excluding hydrogens is 236 g/mol. The molecule has 2 N–H and O–H groups in total. The minimum atomic E-state index is -0.294. The zero-order valence-electron chi connectivity index (χ0n) is 11.7. The van der Waals surface area contributed by atoms with Crippen LogP contribution in [0.5, 0.6) is 0 Å². The molecule has 0 aliphatic carbocycles. The molecule has 19 heavy (non-hydrogen) atoms. The van der Waals surface area contributed by atoms with E-state index in [1.165, 1.54) is 16.7 Å². The van der Waals surface area contributed by atoms with Crippen LogP contribution in [0.25, 0.3) is 6.08 Å². The maximum Gasteiger partial charge on any atom is 0.314 e. The van der Waals surface area contributed by atoms with E-state index in [0.29, 0.717) is 5.92 Å². The van der Waals surface area contributed by atoms with E-state index in [0.717, 1.165) is 25.9 Å². The maximum absolute atomic E-state index is 11.1. The van der Waals surface area contributed by atoms with Gasteiger partial charge in [0.15, 0.2) is 0 Å². The van der Waals surface area contributed by atoms with E-state index in [4.69, 9.17) is 5.73 Å². The molecule has 0 saturated carbocycles. The first-order chi connectivity index (χ1) is 9.08. The summed E-state index contributed by atoms with van der Waals surface area (Å²) in [5, 5.41) is 0. The van der Waals surface area contributed by atoms with Crippen molar-refractivity contribution in [1.29, 1.82) is 0 Å². The molecule has 3 nitrogen and oxygen atoms in total. The van der Waals surface area contributed by atoms with Crippen LogP contribution in [-0.2, 0) is 0 Å². The van der Waals surface area contributed by atoms with Crippen molar-refractivity contribution in [3.63, 3.8) is 0 Å². The molecule has 0 unspecified atom stereocenters. The average Bonchev–Trinajstić information content (AvgIpc) is 2.38. The number of nitrogens with two attached hydrogens (primary N) is 1. The fourth-order valence-corrected chi connectivity index (χ4v) is 2.63. The Bertz CT molecular complexity index is 465. The fourth-order valence-electron chi connectivity index (χ4n) is 2.63. The number of primary amides is 1. The van der Waals surface area contributed by atoms with E-state index in [2.05, 4.69) is 44.2 Å². The minimum absolute atomic E-state index is 0.294. The summed E-state index contributed by atoms with van der Waals surface area (Å²) >= 11 is 0. The Morgan fingerprint density at radius 3 is 2.37 bits per heavy atom. The molecular formula is C16H22N2O. The SMILES string of the molecule is Cc1cccc(C)c1C=CC1CCN(C(N)=O)CC1. The van der Waals surface area contributed by atoms with E-state index in [1.807, 2.05) is 0 Å². The molecule has 1 heterocycles. The zero-order chi connectivity index (χ0) is 13.8. The quantitative estimate of drug-likeness (QED) is 0.870. The number of urea groups is 1. The van der Waals surface area contributed by atoms with Gasteiger partial charge in [-0.05, 0) is 49.3 Å². The van der Waals surface area contributed by atoms with E-state index in [9.17, 15) is 4.79 Å². The Morgan fingerprint density at radius 1 is 1.26 bits per heavy atom. The number of allylic oxidation sites excluding steroid dienone is 1. The second-order valence-electron chi connectivity index (χ2n) is 5.33. The zero-order valence-corrected chi connectivity index (χ0v) is 11.7. The molecule has 1 fully saturated rings. The smallest absolute Gasteiger partial charge is 0.314 e. The van der Waals surface area contributed by atoms with Gasteiger partial charge in [-0.25, -0.2) is 4.79 Å². The Balaban J connectivity index is 1.99. The monoisotopic (exact) mass is 258 g/mol. The lowest BCUT2D eigenvalue weighted by molar-refractivity contribution is 0.187. The third kappa shape index (κ3) is 3.37. The predicted octanol–water partition coefficient (Wildman–Crippen LogP) is 3.11. The molecule has 0 bridgehead atoms. The van der Waals surface area contributed by atoms with Crippen molar-refractivity contribution in [2.75, 3.05) is 13.1 Å². The number of likely N-dealkylation sites (tertiary alicyclic amines) is 1. The van der Waals surface area contributed by atoms with Gasteiger partial charge in [0.25, 0.3) is 0 Å². The lowest BCUT2D eigenvalue weighted by Gasteiger charge is -2.29. The molecule has 1 aromatic carbocycles. The van der Waals surface area contributed by atoms with Crippen LogP contribution in [0.15, 0.2) is 24.3 Å². The highest BCUT2D eigenvalue weighted by atomic mass is 16.2. The fraction of sp³-hybridized carbons (Fsp3) is 0.438. The summed E-state index contributed by atoms with van der Waals surface area (Å²) in [7, 11) is 0. The third-order valence-electron chi connectivity index (χ3n) is 3.93. The molecule has 0 radical (unpaired) electrons. The summed E-state index contributed by atoms with van der Waals surface area (Å²) in [6.45, 7) is 5.83. The van der Waals surface area contributed by atoms with Gasteiger partial charge in [-0.1, -0.05) is 30.4 Å². The number of rotatable bonds is 2. The molecule has 0 atom stereocenters. The maximum atomic E-state index is 11.1. The number of benzene rings is 1. The van der Waals surface area contributed by atoms with Gasteiger partial charge in [-0.2, -0.15) is 0 Å². The number of aryl methyl sites for hydroxylation is 2. The van der Waals surface area contributed by atoms with Crippen molar-refractivity contribution in [2.45, 2.75) is 26.7 Å². The van der Waals surface area contributed by atoms with E-state index >= 15 is 0 Å². The van der Waals surface area contributed by atoms with Gasteiger partial charge in [-0.3, -0.25) is 0 Å². The van der Waals surface area contributed by atoms with Crippen molar-refractivity contribution < 1.29 is 4.79 Å². The molecule has 1 saturated heterocycles. The highest BCUT2D eigenvalue weighted by molar-refractivity contribution is 5.72. The highest BCUT2D eigenvalue weighted by Crippen LogP contribution is 2.21. The molecule has 0 aromatic heterocycles. The van der Waals surface area contributed by atoms with Crippen LogP contribution in [0.3, 0.4) is 0 Å². The second-order valence-corrected chi connectivity index (χ2v) is 5.33. The molecule has 3 heteroatoms. The van der Waals surface area contributed by atoms with Crippen LogP contribution in [0.1, 0.15) is 29.5 Å². The van der Waals surface area contributed by atoms with Crippen LogP contribution in [0.2, 0.25) is 0 Å². The number of carbonyl (C=O) groups excluding carboxylic acids is 1. The third-order valence-corrected chi connectivity index (χ3v) is 3.93. The molecule has 1 aliphatic rings. The second kappa shape index (κ2) is 5.91. The van der Waals surface area contributed by atoms with Crippen LogP contribution in [0, 0.1) is 19.8 Å². The minimum Gasteiger partial charge on any atom is -0.351 e. The van der Waals surface area contributed by atoms with E-state index in [1.54, 1.807) is 4.90 Å². The Hall–Kier alpha value is -1.77. The van der Waals surface area contributed by atoms with E-state index < -0.39 is 0 Å². The Kier molecular flexibility index (Phi) is 4.25. The number of amides is 2. The molecule has 1 aliphatic heterocycles. The topological polar surface area (TPSA) is 46.3 Å². The Morgan fingerprint density at radius 2 is 1.84 bits per heavy atom. The van der Waals surface area contributed by atoms with Crippen molar-refractivity contribution in [2.24, 2.45) is 11.7 Å². The summed E-state index contributed by atoms with van der Waals surface area (Å²) < 4.78 is 0. The predicted molar refractivity (Wildman–Crippen MR) is 78.8 cm³/mol. The number of piperidine rings is 1. The summed E-state index contributed by atoms with van der Waals surface area (Å²) in [6, 6.07) is 6.08. The summed E-state index contributed by atoms with van der Waals surface area (Å²) in [6.07, 6.45) is 6.53. The van der Waals surface area contributed by atoms with Gasteiger partial charge in [0.2, 0.25) is 0 Å². The summed E-state index contributed by atoms with van der Waals surface area (Å²) in [5.41, 5.74) is 9.23. The van der Waals surface area contributed by atoms with Crippen LogP contribution in [-0.4, -0.2) is 24.0 Å². The Labute approximate surface area is 115 Å². The van der Waals surface area contributed by atoms with Crippen molar-refractivity contribution in [3.8, 4) is 0 Å². The number of hydrogen-bond donors (Lipinski definition) is 1. The largest absolute Gasteiger partial charge is 0.351 e. The number of hydrogen-bond acceptors (Lipinski definition) is 1. The molecule has 102 valence electrons. The van der Waals surface area contributed by atoms with Crippen LogP contribution < -0.4 is 5.73 Å². The van der Waals surface area contributed by atoms with Gasteiger partial charge < -0.3 is 10.6 Å². The van der Waals surface area contributed by atoms with Gasteiger partial charge >= 0.3 is 6.03 Å². The standard InChI is InChI=1S/C16H22N2O/c1-12-4-3-5-13(2)15(12)7-6-14-8-10-18(11-9-14)16(17)19/h3-7,14H,8-11H2,1-2H3,(H2,17,19). The first-order valence-corrected chi connectivity index (χ1v) is 6.86. The summed E-state index contributed by atoms with van der Waals surface area (Å²) in [4.78, 5) is 12.8. The first kappa shape index (κ1) is 13.7. The van der Waals surface area contributed by atoms with Crippen molar-refractivity contribution >= 4 is 12.1 Å². The summed E-state index contributed by atoms with van der Waals surface area (Å²) in [5.74, 6) is 0.551. The van der Waals surface area contributed by atoms with E-state index in [-0.39, 0.29) is 6.03 Å². The molecule has 2 rings (SSSR count).